The third-order valence-corrected chi connectivity index (χ3v) is 2.35. The number of nitrogens with zero attached hydrogens (tertiary/aromatic N) is 1. The monoisotopic (exact) mass is 186 g/mol. The fourth-order valence-corrected chi connectivity index (χ4v) is 1.58. The smallest absolute Gasteiger partial charge is 0.0573 e. The minimum absolute atomic E-state index is 0.830. The molecule has 0 aliphatic heterocycles. The Labute approximate surface area is 84.0 Å². The topological polar surface area (TPSA) is 30.9 Å². The molecule has 0 saturated heterocycles. The zero-order valence-corrected chi connectivity index (χ0v) is 8.49. The highest BCUT2D eigenvalue weighted by atomic mass is 14.9. The van der Waals surface area contributed by atoms with Crippen LogP contribution >= 0.6 is 0 Å². The fraction of sp³-hybridized carbons (Fsp3) is 0.167. The average molecular weight is 186 g/mol. The predicted octanol–water partition coefficient (Wildman–Crippen LogP) is 2.58. The summed E-state index contributed by atoms with van der Waals surface area (Å²) in [7, 11) is 1.98. The highest BCUT2D eigenvalue weighted by molar-refractivity contribution is 5.75. The molecule has 1 heterocycles. The van der Waals surface area contributed by atoms with Crippen molar-refractivity contribution in [2.24, 2.45) is 7.05 Å². The molecule has 2 rings (SSSR count). The van der Waals surface area contributed by atoms with Crippen LogP contribution in [0.2, 0.25) is 0 Å². The molecule has 0 saturated carbocycles. The van der Waals surface area contributed by atoms with Crippen LogP contribution in [0.5, 0.6) is 0 Å². The number of nitrogens with two attached hydrogens (primary N) is 1. The number of nitrogen functional groups attached to an aromatic ring is 1. The molecular formula is C12H14N2. The molecule has 2 N–H and O–H groups in total. The van der Waals surface area contributed by atoms with Crippen molar-refractivity contribution in [1.29, 1.82) is 0 Å². The molecule has 72 valence electrons. The first-order chi connectivity index (χ1) is 6.66. The van der Waals surface area contributed by atoms with Crippen LogP contribution in [0.1, 0.15) is 5.56 Å². The zero-order chi connectivity index (χ0) is 10.1. The van der Waals surface area contributed by atoms with Gasteiger partial charge >= 0.3 is 0 Å². The van der Waals surface area contributed by atoms with E-state index in [1.165, 1.54) is 11.1 Å². The van der Waals surface area contributed by atoms with E-state index in [2.05, 4.69) is 31.2 Å². The van der Waals surface area contributed by atoms with Gasteiger partial charge in [-0.15, -0.1) is 0 Å². The van der Waals surface area contributed by atoms with Gasteiger partial charge in [-0.25, -0.2) is 0 Å². The molecule has 0 fully saturated rings. The fourth-order valence-electron chi connectivity index (χ4n) is 1.58. The van der Waals surface area contributed by atoms with Crippen molar-refractivity contribution in [3.63, 3.8) is 0 Å². The first kappa shape index (κ1) is 8.88. The largest absolute Gasteiger partial charge is 0.397 e. The van der Waals surface area contributed by atoms with Crippen LogP contribution in [-0.2, 0) is 7.05 Å². The summed E-state index contributed by atoms with van der Waals surface area (Å²) in [5.74, 6) is 0. The third-order valence-electron chi connectivity index (χ3n) is 2.35. The molecule has 0 bridgehead atoms. The summed E-state index contributed by atoms with van der Waals surface area (Å²) in [6, 6.07) is 8.39. The highest BCUT2D eigenvalue weighted by Gasteiger charge is 2.03. The Balaban J connectivity index is 2.49. The van der Waals surface area contributed by atoms with E-state index in [0.29, 0.717) is 0 Å². The Morgan fingerprint density at radius 2 is 1.71 bits per heavy atom. The molecule has 2 aromatic rings. The van der Waals surface area contributed by atoms with Gasteiger partial charge in [0.15, 0.2) is 0 Å². The van der Waals surface area contributed by atoms with Crippen LogP contribution in [0.15, 0.2) is 36.7 Å². The number of anilines is 1. The highest BCUT2D eigenvalue weighted by Crippen LogP contribution is 2.26. The van der Waals surface area contributed by atoms with Crippen LogP contribution in [0.25, 0.3) is 11.1 Å². The van der Waals surface area contributed by atoms with Crippen molar-refractivity contribution in [2.45, 2.75) is 6.92 Å². The molecule has 2 nitrogen and oxygen atoms in total. The van der Waals surface area contributed by atoms with E-state index in [4.69, 9.17) is 5.73 Å². The van der Waals surface area contributed by atoms with Gasteiger partial charge in [-0.3, -0.25) is 0 Å². The molecule has 0 radical (unpaired) electrons. The molecule has 0 unspecified atom stereocenters. The summed E-state index contributed by atoms with van der Waals surface area (Å²) in [6.07, 6.45) is 3.97. The summed E-state index contributed by atoms with van der Waals surface area (Å²) >= 11 is 0. The van der Waals surface area contributed by atoms with E-state index in [-0.39, 0.29) is 0 Å². The SMILES string of the molecule is Cc1ccc(-c2cn(C)cc2N)cc1. The molecule has 1 aromatic heterocycles. The number of hydrogen-bond donors (Lipinski definition) is 1. The summed E-state index contributed by atoms with van der Waals surface area (Å²) in [5.41, 5.74) is 10.3. The molecule has 2 heteroatoms. The van der Waals surface area contributed by atoms with Crippen LogP contribution in [0, 0.1) is 6.92 Å². The Bertz CT molecular complexity index is 438. The second-order valence-corrected chi connectivity index (χ2v) is 3.66. The van der Waals surface area contributed by atoms with E-state index in [1.54, 1.807) is 0 Å². The third kappa shape index (κ3) is 1.51. The standard InChI is InChI=1S/C12H14N2/c1-9-3-5-10(6-4-9)11-7-14(2)8-12(11)13/h3-8H,13H2,1-2H3. The number of aromatic nitrogens is 1. The lowest BCUT2D eigenvalue weighted by Gasteiger charge is -2.00. The maximum Gasteiger partial charge on any atom is 0.0573 e. The molecule has 14 heavy (non-hydrogen) atoms. The van der Waals surface area contributed by atoms with Crippen molar-refractivity contribution >= 4 is 5.69 Å². The van der Waals surface area contributed by atoms with E-state index < -0.39 is 0 Å². The van der Waals surface area contributed by atoms with Crippen molar-refractivity contribution in [2.75, 3.05) is 5.73 Å². The minimum Gasteiger partial charge on any atom is -0.397 e. The average Bonchev–Trinajstić information content (AvgIpc) is 2.47. The molecule has 1 aromatic carbocycles. The van der Waals surface area contributed by atoms with Crippen molar-refractivity contribution in [3.05, 3.63) is 42.2 Å². The zero-order valence-electron chi connectivity index (χ0n) is 8.49. The van der Waals surface area contributed by atoms with Gasteiger partial charge in [0.2, 0.25) is 0 Å². The summed E-state index contributed by atoms with van der Waals surface area (Å²) in [5, 5.41) is 0. The summed E-state index contributed by atoms with van der Waals surface area (Å²) in [4.78, 5) is 0. The van der Waals surface area contributed by atoms with E-state index in [1.807, 2.05) is 24.0 Å². The van der Waals surface area contributed by atoms with Gasteiger partial charge in [0, 0.05) is 25.0 Å². The molecule has 0 amide bonds. The maximum atomic E-state index is 5.89. The Hall–Kier alpha value is -1.70. The van der Waals surface area contributed by atoms with Gasteiger partial charge in [-0.1, -0.05) is 29.8 Å². The van der Waals surface area contributed by atoms with E-state index in [9.17, 15) is 0 Å². The number of rotatable bonds is 1. The molecular weight excluding hydrogens is 172 g/mol. The van der Waals surface area contributed by atoms with Crippen molar-refractivity contribution in [3.8, 4) is 11.1 Å². The second-order valence-electron chi connectivity index (χ2n) is 3.66. The van der Waals surface area contributed by atoms with Crippen molar-refractivity contribution < 1.29 is 0 Å². The van der Waals surface area contributed by atoms with Crippen LogP contribution in [0.4, 0.5) is 5.69 Å². The molecule has 0 atom stereocenters. The van der Waals surface area contributed by atoms with Gasteiger partial charge in [0.1, 0.15) is 0 Å². The number of hydrogen-bond acceptors (Lipinski definition) is 1. The Morgan fingerprint density at radius 1 is 1.07 bits per heavy atom. The van der Waals surface area contributed by atoms with Crippen LogP contribution in [0.3, 0.4) is 0 Å². The summed E-state index contributed by atoms with van der Waals surface area (Å²) < 4.78 is 1.98. The predicted molar refractivity (Wildman–Crippen MR) is 60.0 cm³/mol. The second kappa shape index (κ2) is 3.22. The van der Waals surface area contributed by atoms with E-state index >= 15 is 0 Å². The first-order valence-corrected chi connectivity index (χ1v) is 4.65. The lowest BCUT2D eigenvalue weighted by Crippen LogP contribution is -1.84. The van der Waals surface area contributed by atoms with Gasteiger partial charge in [-0.2, -0.15) is 0 Å². The number of aryl methyl sites for hydroxylation is 2. The Morgan fingerprint density at radius 3 is 2.21 bits per heavy atom. The molecule has 0 aliphatic rings. The van der Waals surface area contributed by atoms with Gasteiger partial charge in [0.25, 0.3) is 0 Å². The van der Waals surface area contributed by atoms with Gasteiger partial charge < -0.3 is 10.3 Å². The Kier molecular flexibility index (Phi) is 2.04. The van der Waals surface area contributed by atoms with Gasteiger partial charge in [0.05, 0.1) is 5.69 Å². The van der Waals surface area contributed by atoms with Crippen LogP contribution in [-0.4, -0.2) is 4.57 Å². The number of benzene rings is 1. The van der Waals surface area contributed by atoms with E-state index in [0.717, 1.165) is 11.3 Å². The lowest BCUT2D eigenvalue weighted by atomic mass is 10.1. The quantitative estimate of drug-likeness (QED) is 0.729. The minimum atomic E-state index is 0.830. The maximum absolute atomic E-state index is 5.89. The lowest BCUT2D eigenvalue weighted by molar-refractivity contribution is 0.929. The van der Waals surface area contributed by atoms with Crippen molar-refractivity contribution in [1.82, 2.24) is 4.57 Å². The van der Waals surface area contributed by atoms with Crippen LogP contribution < -0.4 is 5.73 Å². The normalized spacial score (nSPS) is 10.4. The molecule has 0 spiro atoms. The van der Waals surface area contributed by atoms with Gasteiger partial charge in [-0.05, 0) is 12.5 Å². The first-order valence-electron chi connectivity index (χ1n) is 4.65. The molecule has 0 aliphatic carbocycles. The summed E-state index contributed by atoms with van der Waals surface area (Å²) in [6.45, 7) is 2.08.